The minimum atomic E-state index is 0.640. The van der Waals surface area contributed by atoms with E-state index in [1.54, 1.807) is 0 Å². The first-order valence-corrected chi connectivity index (χ1v) is 14.3. The van der Waals surface area contributed by atoms with Crippen LogP contribution in [0.15, 0.2) is 156 Å². The number of nitrogens with zero attached hydrogens (tertiary/aromatic N) is 3. The van der Waals surface area contributed by atoms with Gasteiger partial charge in [0, 0.05) is 27.5 Å². The van der Waals surface area contributed by atoms with Crippen LogP contribution in [-0.2, 0) is 0 Å². The van der Waals surface area contributed by atoms with Crippen molar-refractivity contribution in [2.75, 3.05) is 0 Å². The molecule has 0 amide bonds. The lowest BCUT2D eigenvalue weighted by Gasteiger charge is -2.10. The van der Waals surface area contributed by atoms with Crippen LogP contribution in [-0.4, -0.2) is 15.0 Å². The van der Waals surface area contributed by atoms with Crippen molar-refractivity contribution in [3.05, 3.63) is 152 Å². The number of rotatable bonds is 5. The molecule has 0 radical (unpaired) electrons. The van der Waals surface area contributed by atoms with Crippen molar-refractivity contribution in [1.29, 1.82) is 0 Å². The van der Waals surface area contributed by atoms with Crippen LogP contribution in [0.5, 0.6) is 0 Å². The van der Waals surface area contributed by atoms with Crippen molar-refractivity contribution in [3.8, 4) is 56.4 Å². The molecule has 6 aromatic carbocycles. The predicted molar refractivity (Wildman–Crippen MR) is 174 cm³/mol. The van der Waals surface area contributed by atoms with Gasteiger partial charge in [-0.25, -0.2) is 15.0 Å². The normalized spacial score (nSPS) is 11.3. The molecule has 2 heterocycles. The molecule has 0 aliphatic heterocycles. The first-order chi connectivity index (χ1) is 21.3. The Labute approximate surface area is 249 Å². The van der Waals surface area contributed by atoms with Gasteiger partial charge in [0.25, 0.3) is 0 Å². The summed E-state index contributed by atoms with van der Waals surface area (Å²) in [6.07, 6.45) is 0. The molecule has 4 nitrogen and oxygen atoms in total. The minimum absolute atomic E-state index is 0.640. The van der Waals surface area contributed by atoms with E-state index in [-0.39, 0.29) is 0 Å². The van der Waals surface area contributed by atoms with Crippen LogP contribution in [0.25, 0.3) is 78.4 Å². The van der Waals surface area contributed by atoms with E-state index < -0.39 is 0 Å². The summed E-state index contributed by atoms with van der Waals surface area (Å²) in [5.74, 6) is 1.94. The second kappa shape index (κ2) is 10.5. The molecule has 43 heavy (non-hydrogen) atoms. The van der Waals surface area contributed by atoms with Gasteiger partial charge in [-0.1, -0.05) is 121 Å². The smallest absolute Gasteiger partial charge is 0.164 e. The Morgan fingerprint density at radius 3 is 1.37 bits per heavy atom. The second-order valence-electron chi connectivity index (χ2n) is 10.5. The Bertz CT molecular complexity index is 2180. The van der Waals surface area contributed by atoms with Crippen LogP contribution in [0.1, 0.15) is 0 Å². The highest BCUT2D eigenvalue weighted by atomic mass is 16.3. The van der Waals surface area contributed by atoms with Crippen LogP contribution >= 0.6 is 0 Å². The number of para-hydroxylation sites is 1. The molecule has 0 bridgehead atoms. The fraction of sp³-hybridized carbons (Fsp3) is 0. The van der Waals surface area contributed by atoms with Crippen LogP contribution in [0.4, 0.5) is 0 Å². The largest absolute Gasteiger partial charge is 0.456 e. The van der Waals surface area contributed by atoms with Crippen LogP contribution in [0, 0.1) is 0 Å². The van der Waals surface area contributed by atoms with Gasteiger partial charge in [0.2, 0.25) is 0 Å². The maximum Gasteiger partial charge on any atom is 0.164 e. The number of hydrogen-bond donors (Lipinski definition) is 0. The fourth-order valence-corrected chi connectivity index (χ4v) is 5.56. The molecule has 0 saturated heterocycles. The summed E-state index contributed by atoms with van der Waals surface area (Å²) in [5, 5.41) is 2.27. The molecule has 0 spiro atoms. The van der Waals surface area contributed by atoms with Gasteiger partial charge in [-0.2, -0.15) is 0 Å². The van der Waals surface area contributed by atoms with E-state index in [0.29, 0.717) is 17.5 Å². The SMILES string of the molecule is c1ccc(-c2nc(-c3ccccc3)nc(-c3cccc(-c4cccc(-c5ccc6c(c5)oc5ccccc56)c4)c3)n2)cc1. The Hall–Kier alpha value is -5.87. The van der Waals surface area contributed by atoms with Gasteiger partial charge in [-0.3, -0.25) is 0 Å². The van der Waals surface area contributed by atoms with E-state index in [0.717, 1.165) is 60.9 Å². The van der Waals surface area contributed by atoms with Gasteiger partial charge in [0.15, 0.2) is 17.5 Å². The summed E-state index contributed by atoms with van der Waals surface area (Å²) in [5.41, 5.74) is 9.08. The molecule has 0 fully saturated rings. The molecule has 2 aromatic heterocycles. The van der Waals surface area contributed by atoms with Gasteiger partial charge in [-0.05, 0) is 52.6 Å². The van der Waals surface area contributed by atoms with Gasteiger partial charge in [-0.15, -0.1) is 0 Å². The summed E-state index contributed by atoms with van der Waals surface area (Å²) in [4.78, 5) is 14.7. The summed E-state index contributed by atoms with van der Waals surface area (Å²) in [6.45, 7) is 0. The molecule has 0 atom stereocenters. The number of benzene rings is 6. The summed E-state index contributed by atoms with van der Waals surface area (Å²) >= 11 is 0. The number of furan rings is 1. The molecule has 0 aliphatic carbocycles. The number of hydrogen-bond acceptors (Lipinski definition) is 4. The van der Waals surface area contributed by atoms with E-state index in [2.05, 4.69) is 72.8 Å². The second-order valence-corrected chi connectivity index (χ2v) is 10.5. The van der Waals surface area contributed by atoms with Crippen LogP contribution in [0.3, 0.4) is 0 Å². The zero-order valence-electron chi connectivity index (χ0n) is 23.2. The fourth-order valence-electron chi connectivity index (χ4n) is 5.56. The Morgan fingerprint density at radius 2 is 0.744 bits per heavy atom. The lowest BCUT2D eigenvalue weighted by atomic mass is 9.97. The highest BCUT2D eigenvalue weighted by Gasteiger charge is 2.13. The predicted octanol–water partition coefficient (Wildman–Crippen LogP) is 10.1. The zero-order chi connectivity index (χ0) is 28.6. The third-order valence-corrected chi connectivity index (χ3v) is 7.73. The molecule has 0 unspecified atom stereocenters. The Kier molecular flexibility index (Phi) is 6.08. The van der Waals surface area contributed by atoms with Gasteiger partial charge >= 0.3 is 0 Å². The van der Waals surface area contributed by atoms with Gasteiger partial charge in [0.05, 0.1) is 0 Å². The molecule has 202 valence electrons. The van der Waals surface area contributed by atoms with Crippen molar-refractivity contribution in [2.45, 2.75) is 0 Å². The Morgan fingerprint density at radius 1 is 0.302 bits per heavy atom. The third-order valence-electron chi connectivity index (χ3n) is 7.73. The average molecular weight is 552 g/mol. The van der Waals surface area contributed by atoms with Gasteiger partial charge < -0.3 is 4.42 Å². The first-order valence-electron chi connectivity index (χ1n) is 14.3. The average Bonchev–Trinajstić information content (AvgIpc) is 3.47. The van der Waals surface area contributed by atoms with Gasteiger partial charge in [0.1, 0.15) is 11.2 Å². The topological polar surface area (TPSA) is 51.8 Å². The molecule has 8 rings (SSSR count). The van der Waals surface area contributed by atoms with E-state index in [1.165, 1.54) is 0 Å². The number of fused-ring (bicyclic) bond motifs is 3. The maximum atomic E-state index is 6.16. The van der Waals surface area contributed by atoms with Crippen molar-refractivity contribution >= 4 is 21.9 Å². The van der Waals surface area contributed by atoms with Crippen LogP contribution < -0.4 is 0 Å². The molecule has 0 N–H and O–H groups in total. The molecular weight excluding hydrogens is 526 g/mol. The highest BCUT2D eigenvalue weighted by Crippen LogP contribution is 2.34. The van der Waals surface area contributed by atoms with E-state index >= 15 is 0 Å². The van der Waals surface area contributed by atoms with Crippen LogP contribution in [0.2, 0.25) is 0 Å². The molecule has 8 aromatic rings. The van der Waals surface area contributed by atoms with E-state index in [9.17, 15) is 0 Å². The van der Waals surface area contributed by atoms with Crippen molar-refractivity contribution in [2.24, 2.45) is 0 Å². The molecule has 0 aliphatic rings. The molecule has 4 heteroatoms. The summed E-state index contributed by atoms with van der Waals surface area (Å²) in [7, 11) is 0. The zero-order valence-corrected chi connectivity index (χ0v) is 23.2. The molecule has 0 saturated carbocycles. The standard InChI is InChI=1S/C39H25N3O/c1-3-11-26(12-4-1)37-40-38(27-13-5-2-6-14-27)42-39(41-37)32-18-10-17-30(24-32)28-15-9-16-29(23-28)31-21-22-34-33-19-7-8-20-35(33)43-36(34)25-31/h1-25H. The quantitative estimate of drug-likeness (QED) is 0.214. The minimum Gasteiger partial charge on any atom is -0.456 e. The van der Waals surface area contributed by atoms with Crippen molar-refractivity contribution in [3.63, 3.8) is 0 Å². The third kappa shape index (κ3) is 4.75. The van der Waals surface area contributed by atoms with Crippen molar-refractivity contribution in [1.82, 2.24) is 15.0 Å². The van der Waals surface area contributed by atoms with E-state index in [4.69, 9.17) is 19.4 Å². The highest BCUT2D eigenvalue weighted by molar-refractivity contribution is 6.05. The van der Waals surface area contributed by atoms with Crippen molar-refractivity contribution < 1.29 is 4.42 Å². The molecular formula is C39H25N3O. The lowest BCUT2D eigenvalue weighted by molar-refractivity contribution is 0.669. The lowest BCUT2D eigenvalue weighted by Crippen LogP contribution is -2.00. The summed E-state index contributed by atoms with van der Waals surface area (Å²) in [6, 6.07) is 51.7. The monoisotopic (exact) mass is 551 g/mol. The summed E-state index contributed by atoms with van der Waals surface area (Å²) < 4.78 is 6.16. The first kappa shape index (κ1) is 24.9. The Balaban J connectivity index is 1.19. The number of aromatic nitrogens is 3. The maximum absolute atomic E-state index is 6.16. The van der Waals surface area contributed by atoms with E-state index in [1.807, 2.05) is 78.9 Å².